The van der Waals surface area contributed by atoms with E-state index in [2.05, 4.69) is 25.3 Å². The minimum Gasteiger partial charge on any atom is -0.298 e. The van der Waals surface area contributed by atoms with Crippen LogP contribution in [0.4, 0.5) is 5.13 Å². The standard InChI is InChI=1S/C19H15N5OS/c1-11-3-4-20-9-15(11)14-7-13(8-16-17(14)22-6-5-21-16)18(25)24-19-23-12(2)10-26-19/h3-10H,1-2H3,(H,23,24,25). The second-order valence-corrected chi connectivity index (χ2v) is 6.74. The summed E-state index contributed by atoms with van der Waals surface area (Å²) in [6.45, 7) is 3.89. The number of amides is 1. The summed E-state index contributed by atoms with van der Waals surface area (Å²) in [7, 11) is 0. The molecule has 4 aromatic rings. The van der Waals surface area contributed by atoms with Crippen LogP contribution in [0.25, 0.3) is 22.2 Å². The van der Waals surface area contributed by atoms with E-state index in [1.165, 1.54) is 11.3 Å². The average Bonchev–Trinajstić information content (AvgIpc) is 3.06. The van der Waals surface area contributed by atoms with Gasteiger partial charge in [-0.2, -0.15) is 0 Å². The molecule has 26 heavy (non-hydrogen) atoms. The maximum atomic E-state index is 12.7. The normalized spacial score (nSPS) is 10.8. The molecule has 128 valence electrons. The number of aryl methyl sites for hydroxylation is 2. The molecule has 0 radical (unpaired) electrons. The lowest BCUT2D eigenvalue weighted by Crippen LogP contribution is -2.12. The van der Waals surface area contributed by atoms with Gasteiger partial charge >= 0.3 is 0 Å². The van der Waals surface area contributed by atoms with E-state index in [0.29, 0.717) is 16.2 Å². The Bertz CT molecular complexity index is 1120. The molecule has 3 heterocycles. The SMILES string of the molecule is Cc1csc(NC(=O)c2cc(-c3cnccc3C)c3nccnc3c2)n1. The minimum atomic E-state index is -0.227. The van der Waals surface area contributed by atoms with Crippen molar-refractivity contribution in [3.63, 3.8) is 0 Å². The monoisotopic (exact) mass is 361 g/mol. The Balaban J connectivity index is 1.84. The van der Waals surface area contributed by atoms with Crippen LogP contribution in [0.15, 0.2) is 48.4 Å². The van der Waals surface area contributed by atoms with Gasteiger partial charge < -0.3 is 0 Å². The topological polar surface area (TPSA) is 80.7 Å². The van der Waals surface area contributed by atoms with Crippen molar-refractivity contribution in [2.45, 2.75) is 13.8 Å². The Labute approximate surface area is 154 Å². The van der Waals surface area contributed by atoms with Gasteiger partial charge in [0, 0.05) is 46.9 Å². The molecule has 6 nitrogen and oxygen atoms in total. The number of hydrogen-bond acceptors (Lipinski definition) is 6. The first-order chi connectivity index (χ1) is 12.6. The largest absolute Gasteiger partial charge is 0.298 e. The van der Waals surface area contributed by atoms with Crippen molar-refractivity contribution >= 4 is 33.4 Å². The second kappa shape index (κ2) is 6.61. The molecule has 0 bridgehead atoms. The number of anilines is 1. The number of aromatic nitrogens is 4. The summed E-state index contributed by atoms with van der Waals surface area (Å²) in [6, 6.07) is 5.51. The number of nitrogens with one attached hydrogen (secondary N) is 1. The molecule has 1 aromatic carbocycles. The Hall–Kier alpha value is -3.19. The molecule has 1 amide bonds. The predicted molar refractivity (Wildman–Crippen MR) is 102 cm³/mol. The zero-order valence-corrected chi connectivity index (χ0v) is 15.0. The van der Waals surface area contributed by atoms with Gasteiger partial charge in [-0.1, -0.05) is 0 Å². The third-order valence-electron chi connectivity index (χ3n) is 4.00. The van der Waals surface area contributed by atoms with Crippen molar-refractivity contribution in [2.75, 3.05) is 5.32 Å². The van der Waals surface area contributed by atoms with Gasteiger partial charge in [-0.3, -0.25) is 25.1 Å². The number of carbonyl (C=O) groups is 1. The van der Waals surface area contributed by atoms with Crippen molar-refractivity contribution < 1.29 is 4.79 Å². The Morgan fingerprint density at radius 2 is 1.92 bits per heavy atom. The predicted octanol–water partition coefficient (Wildman–Crippen LogP) is 4.02. The summed E-state index contributed by atoms with van der Waals surface area (Å²) < 4.78 is 0. The average molecular weight is 361 g/mol. The number of hydrogen-bond donors (Lipinski definition) is 1. The van der Waals surface area contributed by atoms with E-state index in [0.717, 1.165) is 27.9 Å². The number of thiazole rings is 1. The summed E-state index contributed by atoms with van der Waals surface area (Å²) in [5.41, 5.74) is 5.60. The summed E-state index contributed by atoms with van der Waals surface area (Å²) in [5.74, 6) is -0.227. The number of nitrogens with zero attached hydrogens (tertiary/aromatic N) is 4. The lowest BCUT2D eigenvalue weighted by molar-refractivity contribution is 0.102. The number of carbonyl (C=O) groups excluding carboxylic acids is 1. The molecule has 7 heteroatoms. The highest BCUT2D eigenvalue weighted by molar-refractivity contribution is 7.13. The van der Waals surface area contributed by atoms with E-state index in [4.69, 9.17) is 0 Å². The maximum Gasteiger partial charge on any atom is 0.257 e. The molecule has 0 aliphatic heterocycles. The molecule has 0 fully saturated rings. The zero-order chi connectivity index (χ0) is 18.1. The molecule has 4 rings (SSSR count). The summed E-state index contributed by atoms with van der Waals surface area (Å²) >= 11 is 1.40. The highest BCUT2D eigenvalue weighted by Gasteiger charge is 2.15. The summed E-state index contributed by atoms with van der Waals surface area (Å²) in [5, 5.41) is 5.31. The van der Waals surface area contributed by atoms with Crippen LogP contribution in [-0.2, 0) is 0 Å². The van der Waals surface area contributed by atoms with Gasteiger partial charge in [0.25, 0.3) is 5.91 Å². The van der Waals surface area contributed by atoms with E-state index in [-0.39, 0.29) is 5.91 Å². The third-order valence-corrected chi connectivity index (χ3v) is 4.88. The number of fused-ring (bicyclic) bond motifs is 1. The Morgan fingerprint density at radius 1 is 1.08 bits per heavy atom. The van der Waals surface area contributed by atoms with Crippen LogP contribution in [0.1, 0.15) is 21.6 Å². The molecular formula is C19H15N5OS. The molecule has 0 spiro atoms. The van der Waals surface area contributed by atoms with Crippen LogP contribution in [0, 0.1) is 13.8 Å². The first-order valence-corrected chi connectivity index (χ1v) is 8.89. The van der Waals surface area contributed by atoms with Crippen LogP contribution in [-0.4, -0.2) is 25.8 Å². The molecule has 0 saturated carbocycles. The number of benzene rings is 1. The van der Waals surface area contributed by atoms with Gasteiger partial charge in [0.2, 0.25) is 0 Å². The number of rotatable bonds is 3. The quantitative estimate of drug-likeness (QED) is 0.596. The molecular weight excluding hydrogens is 346 g/mol. The van der Waals surface area contributed by atoms with Gasteiger partial charge in [-0.25, -0.2) is 4.98 Å². The van der Waals surface area contributed by atoms with Crippen LogP contribution in [0.3, 0.4) is 0 Å². The molecule has 0 atom stereocenters. The van der Waals surface area contributed by atoms with Gasteiger partial charge in [0.05, 0.1) is 16.7 Å². The van der Waals surface area contributed by atoms with E-state index in [1.54, 1.807) is 30.9 Å². The first kappa shape index (κ1) is 16.3. The fraction of sp³-hybridized carbons (Fsp3) is 0.105. The third kappa shape index (κ3) is 3.04. The van der Waals surface area contributed by atoms with E-state index < -0.39 is 0 Å². The van der Waals surface area contributed by atoms with Crippen molar-refractivity contribution in [3.05, 3.63) is 65.2 Å². The van der Waals surface area contributed by atoms with Crippen LogP contribution >= 0.6 is 11.3 Å². The van der Waals surface area contributed by atoms with Crippen molar-refractivity contribution in [1.29, 1.82) is 0 Å². The number of pyridine rings is 1. The highest BCUT2D eigenvalue weighted by atomic mass is 32.1. The van der Waals surface area contributed by atoms with Gasteiger partial charge in [-0.15, -0.1) is 11.3 Å². The van der Waals surface area contributed by atoms with Crippen LogP contribution in [0.2, 0.25) is 0 Å². The van der Waals surface area contributed by atoms with Gasteiger partial charge in [0.15, 0.2) is 5.13 Å². The fourth-order valence-electron chi connectivity index (χ4n) is 2.74. The van der Waals surface area contributed by atoms with Gasteiger partial charge in [0.1, 0.15) is 0 Å². The Morgan fingerprint density at radius 3 is 2.69 bits per heavy atom. The van der Waals surface area contributed by atoms with Crippen LogP contribution < -0.4 is 5.32 Å². The molecule has 0 saturated heterocycles. The van der Waals surface area contributed by atoms with Crippen molar-refractivity contribution in [1.82, 2.24) is 19.9 Å². The fourth-order valence-corrected chi connectivity index (χ4v) is 3.42. The minimum absolute atomic E-state index is 0.227. The van der Waals surface area contributed by atoms with E-state index in [1.807, 2.05) is 31.4 Å². The maximum absolute atomic E-state index is 12.7. The van der Waals surface area contributed by atoms with Crippen molar-refractivity contribution in [3.8, 4) is 11.1 Å². The first-order valence-electron chi connectivity index (χ1n) is 8.01. The highest BCUT2D eigenvalue weighted by Crippen LogP contribution is 2.30. The van der Waals surface area contributed by atoms with E-state index >= 15 is 0 Å². The molecule has 0 unspecified atom stereocenters. The second-order valence-electron chi connectivity index (χ2n) is 5.89. The smallest absolute Gasteiger partial charge is 0.257 e. The van der Waals surface area contributed by atoms with Crippen LogP contribution in [0.5, 0.6) is 0 Å². The summed E-state index contributed by atoms with van der Waals surface area (Å²) in [4.78, 5) is 30.1. The van der Waals surface area contributed by atoms with Crippen molar-refractivity contribution in [2.24, 2.45) is 0 Å². The van der Waals surface area contributed by atoms with Gasteiger partial charge in [-0.05, 0) is 37.6 Å². The lowest BCUT2D eigenvalue weighted by atomic mass is 9.98. The molecule has 0 aliphatic carbocycles. The Kier molecular flexibility index (Phi) is 4.14. The lowest BCUT2D eigenvalue weighted by Gasteiger charge is -2.10. The van der Waals surface area contributed by atoms with E-state index in [9.17, 15) is 4.79 Å². The molecule has 1 N–H and O–H groups in total. The molecule has 3 aromatic heterocycles. The zero-order valence-electron chi connectivity index (χ0n) is 14.2. The molecule has 0 aliphatic rings. The summed E-state index contributed by atoms with van der Waals surface area (Å²) in [6.07, 6.45) is 6.79.